The fourth-order valence-electron chi connectivity index (χ4n) is 2.91. The summed E-state index contributed by atoms with van der Waals surface area (Å²) in [5.41, 5.74) is 0. The summed E-state index contributed by atoms with van der Waals surface area (Å²) in [6, 6.07) is 0.923. The van der Waals surface area contributed by atoms with E-state index in [0.29, 0.717) is 18.0 Å². The Morgan fingerprint density at radius 1 is 1.27 bits per heavy atom. The van der Waals surface area contributed by atoms with Crippen molar-refractivity contribution < 1.29 is 0 Å². The van der Waals surface area contributed by atoms with Crippen LogP contribution in [0.2, 0.25) is 0 Å². The molecule has 3 heterocycles. The smallest absolute Gasteiger partial charge is 0.165 e. The van der Waals surface area contributed by atoms with Gasteiger partial charge in [0.15, 0.2) is 11.6 Å². The van der Waals surface area contributed by atoms with E-state index >= 15 is 0 Å². The molecule has 0 saturated heterocycles. The van der Waals surface area contributed by atoms with Crippen LogP contribution in [0.4, 0.5) is 0 Å². The predicted molar refractivity (Wildman–Crippen MR) is 79.1 cm³/mol. The van der Waals surface area contributed by atoms with Gasteiger partial charge >= 0.3 is 0 Å². The molecule has 0 aromatic carbocycles. The number of hydrogen-bond acceptors (Lipinski definition) is 6. The first-order valence-corrected chi connectivity index (χ1v) is 8.14. The summed E-state index contributed by atoms with van der Waals surface area (Å²) < 4.78 is 4.02. The van der Waals surface area contributed by atoms with Crippen LogP contribution in [0.1, 0.15) is 62.5 Å². The zero-order valence-electron chi connectivity index (χ0n) is 13.1. The zero-order valence-corrected chi connectivity index (χ0v) is 13.1. The van der Waals surface area contributed by atoms with E-state index in [1.54, 1.807) is 0 Å². The molecule has 4 rings (SSSR count). The molecular formula is C14H22N8. The van der Waals surface area contributed by atoms with Crippen molar-refractivity contribution in [1.82, 2.24) is 40.3 Å². The Bertz CT molecular complexity index is 654. The third-order valence-corrected chi connectivity index (χ3v) is 4.39. The van der Waals surface area contributed by atoms with Gasteiger partial charge in [0.05, 0.1) is 19.1 Å². The van der Waals surface area contributed by atoms with Gasteiger partial charge < -0.3 is 5.32 Å². The Hall–Kier alpha value is -1.83. The van der Waals surface area contributed by atoms with E-state index in [1.165, 1.54) is 12.8 Å². The van der Waals surface area contributed by atoms with E-state index in [4.69, 9.17) is 0 Å². The third-order valence-electron chi connectivity index (χ3n) is 4.39. The summed E-state index contributed by atoms with van der Waals surface area (Å²) in [6.07, 6.45) is 4.45. The number of aryl methyl sites for hydroxylation is 1. The van der Waals surface area contributed by atoms with Crippen LogP contribution in [0, 0.1) is 0 Å². The van der Waals surface area contributed by atoms with Gasteiger partial charge in [0.25, 0.3) is 0 Å². The topological polar surface area (TPSA) is 86.3 Å². The molecule has 0 radical (unpaired) electrons. The number of tetrazole rings is 1. The van der Waals surface area contributed by atoms with Crippen LogP contribution in [0.15, 0.2) is 0 Å². The lowest BCUT2D eigenvalue weighted by Crippen LogP contribution is -2.38. The fourth-order valence-corrected chi connectivity index (χ4v) is 2.91. The molecule has 2 aromatic rings. The summed E-state index contributed by atoms with van der Waals surface area (Å²) in [5.74, 6) is 3.39. The minimum absolute atomic E-state index is 0.382. The van der Waals surface area contributed by atoms with E-state index in [9.17, 15) is 0 Å². The second-order valence-corrected chi connectivity index (χ2v) is 6.61. The average molecular weight is 302 g/mol. The van der Waals surface area contributed by atoms with Gasteiger partial charge in [0.2, 0.25) is 0 Å². The lowest BCUT2D eigenvalue weighted by Gasteiger charge is -2.23. The third kappa shape index (κ3) is 2.63. The molecule has 1 aliphatic heterocycles. The van der Waals surface area contributed by atoms with Crippen LogP contribution in [-0.4, -0.2) is 41.0 Å². The first-order chi connectivity index (χ1) is 10.7. The summed E-state index contributed by atoms with van der Waals surface area (Å²) in [4.78, 5) is 4.63. The van der Waals surface area contributed by atoms with Crippen molar-refractivity contribution in [2.24, 2.45) is 0 Å². The molecule has 1 atom stereocenters. The van der Waals surface area contributed by atoms with Gasteiger partial charge in [-0.3, -0.25) is 0 Å². The highest BCUT2D eigenvalue weighted by Crippen LogP contribution is 2.34. The SMILES string of the molecule is CC(C)c1nc2n(n1)C[C@@H](NCc1nnnn1C1CC1)CC2. The predicted octanol–water partition coefficient (Wildman–Crippen LogP) is 0.827. The van der Waals surface area contributed by atoms with Gasteiger partial charge in [-0.15, -0.1) is 5.10 Å². The highest BCUT2D eigenvalue weighted by atomic mass is 15.6. The molecule has 1 fully saturated rings. The Kier molecular flexibility index (Phi) is 3.40. The first kappa shape index (κ1) is 13.8. The van der Waals surface area contributed by atoms with E-state index in [0.717, 1.165) is 43.4 Å². The Balaban J connectivity index is 1.39. The number of nitrogens with one attached hydrogen (secondary N) is 1. The maximum absolute atomic E-state index is 4.63. The van der Waals surface area contributed by atoms with Gasteiger partial charge in [-0.05, 0) is 29.7 Å². The van der Waals surface area contributed by atoms with Crippen molar-refractivity contribution in [3.63, 3.8) is 0 Å². The molecule has 8 heteroatoms. The number of hydrogen-bond donors (Lipinski definition) is 1. The molecule has 0 amide bonds. The highest BCUT2D eigenvalue weighted by Gasteiger charge is 2.28. The maximum atomic E-state index is 4.63. The molecule has 0 unspecified atom stereocenters. The standard InChI is InChI=1S/C14H22N8/c1-9(2)14-16-12-6-3-10(8-21(12)18-14)15-7-13-17-19-20-22(13)11-4-5-11/h9-11,15H,3-8H2,1-2H3/t10-/m0/s1. The lowest BCUT2D eigenvalue weighted by molar-refractivity contribution is 0.351. The van der Waals surface area contributed by atoms with E-state index in [-0.39, 0.29) is 0 Å². The van der Waals surface area contributed by atoms with Gasteiger partial charge in [-0.2, -0.15) is 5.10 Å². The monoisotopic (exact) mass is 302 g/mol. The van der Waals surface area contributed by atoms with Gasteiger partial charge in [0, 0.05) is 18.4 Å². The van der Waals surface area contributed by atoms with Gasteiger partial charge in [0.1, 0.15) is 5.82 Å². The van der Waals surface area contributed by atoms with Crippen molar-refractivity contribution in [1.29, 1.82) is 0 Å². The minimum Gasteiger partial charge on any atom is -0.305 e. The van der Waals surface area contributed by atoms with Crippen molar-refractivity contribution in [3.8, 4) is 0 Å². The van der Waals surface area contributed by atoms with Crippen molar-refractivity contribution in [2.45, 2.75) is 70.6 Å². The van der Waals surface area contributed by atoms with Crippen LogP contribution in [0.25, 0.3) is 0 Å². The Morgan fingerprint density at radius 3 is 2.91 bits per heavy atom. The quantitative estimate of drug-likeness (QED) is 0.880. The molecule has 118 valence electrons. The van der Waals surface area contributed by atoms with Gasteiger partial charge in [-0.25, -0.2) is 14.3 Å². The molecule has 22 heavy (non-hydrogen) atoms. The van der Waals surface area contributed by atoms with Crippen LogP contribution < -0.4 is 5.32 Å². The zero-order chi connectivity index (χ0) is 15.1. The largest absolute Gasteiger partial charge is 0.305 e. The Labute approximate surface area is 129 Å². The van der Waals surface area contributed by atoms with Crippen molar-refractivity contribution >= 4 is 0 Å². The van der Waals surface area contributed by atoms with Crippen molar-refractivity contribution in [2.75, 3.05) is 0 Å². The molecule has 1 aliphatic carbocycles. The fraction of sp³-hybridized carbons (Fsp3) is 0.786. The van der Waals surface area contributed by atoms with E-state index in [2.05, 4.69) is 49.5 Å². The maximum Gasteiger partial charge on any atom is 0.165 e. The van der Waals surface area contributed by atoms with E-state index < -0.39 is 0 Å². The number of aromatic nitrogens is 7. The second-order valence-electron chi connectivity index (χ2n) is 6.61. The number of fused-ring (bicyclic) bond motifs is 1. The van der Waals surface area contributed by atoms with Crippen LogP contribution >= 0.6 is 0 Å². The molecular weight excluding hydrogens is 280 g/mol. The normalized spacial score (nSPS) is 21.3. The summed E-state index contributed by atoms with van der Waals surface area (Å²) in [5, 5.41) is 20.2. The second kappa shape index (κ2) is 5.42. The van der Waals surface area contributed by atoms with Crippen LogP contribution in [0.5, 0.6) is 0 Å². The van der Waals surface area contributed by atoms with Crippen LogP contribution in [-0.2, 0) is 19.5 Å². The van der Waals surface area contributed by atoms with E-state index in [1.807, 2.05) is 4.68 Å². The van der Waals surface area contributed by atoms with Gasteiger partial charge in [-0.1, -0.05) is 13.8 Å². The summed E-state index contributed by atoms with van der Waals surface area (Å²) in [6.45, 7) is 5.86. The lowest BCUT2D eigenvalue weighted by atomic mass is 10.1. The molecule has 0 spiro atoms. The highest BCUT2D eigenvalue weighted by molar-refractivity contribution is 5.01. The molecule has 1 N–H and O–H groups in total. The molecule has 0 bridgehead atoms. The molecule has 1 saturated carbocycles. The molecule has 8 nitrogen and oxygen atoms in total. The minimum atomic E-state index is 0.382. The summed E-state index contributed by atoms with van der Waals surface area (Å²) >= 11 is 0. The molecule has 2 aliphatic rings. The number of rotatable bonds is 5. The first-order valence-electron chi connectivity index (χ1n) is 8.14. The van der Waals surface area contributed by atoms with Crippen molar-refractivity contribution in [3.05, 3.63) is 17.5 Å². The number of nitrogens with zero attached hydrogens (tertiary/aromatic N) is 7. The molecule has 2 aromatic heterocycles. The Morgan fingerprint density at radius 2 is 2.14 bits per heavy atom. The average Bonchev–Trinajstić information content (AvgIpc) is 3.09. The van der Waals surface area contributed by atoms with Crippen LogP contribution in [0.3, 0.4) is 0 Å². The summed E-state index contributed by atoms with van der Waals surface area (Å²) in [7, 11) is 0.